The maximum absolute atomic E-state index is 12.7. The molecule has 8 heteroatoms. The van der Waals surface area contributed by atoms with Crippen LogP contribution in [0.2, 0.25) is 0 Å². The first-order valence-corrected chi connectivity index (χ1v) is 12.8. The molecular weight excluding hydrogens is 446 g/mol. The van der Waals surface area contributed by atoms with Gasteiger partial charge in [0.05, 0.1) is 11.2 Å². The number of Topliss-reactive ketones (excluding diaryl/α,β-unsaturated/α-hetero) is 1. The van der Waals surface area contributed by atoms with Crippen molar-refractivity contribution in [3.05, 3.63) is 53.9 Å². The van der Waals surface area contributed by atoms with Gasteiger partial charge < -0.3 is 10.2 Å². The summed E-state index contributed by atoms with van der Waals surface area (Å²) in [4.78, 5) is 38.0. The number of hydrogen-bond donors (Lipinski definition) is 1. The highest BCUT2D eigenvalue weighted by Gasteiger charge is 2.15. The summed E-state index contributed by atoms with van der Waals surface area (Å²) >= 11 is 1.49. The van der Waals surface area contributed by atoms with Gasteiger partial charge in [-0.1, -0.05) is 29.9 Å². The molecule has 176 valence electrons. The first-order chi connectivity index (χ1) is 16.6. The molecule has 0 unspecified atom stereocenters. The predicted octanol–water partition coefficient (Wildman–Crippen LogP) is 4.81. The topological polar surface area (TPSA) is 79.6 Å². The monoisotopic (exact) mass is 475 g/mol. The number of nitrogens with one attached hydrogen (secondary N) is 1. The van der Waals surface area contributed by atoms with E-state index in [1.807, 2.05) is 34.9 Å². The lowest BCUT2D eigenvalue weighted by atomic mass is 10.1. The third-order valence-electron chi connectivity index (χ3n) is 6.49. The normalized spacial score (nSPS) is 14.6. The Morgan fingerprint density at radius 1 is 1.00 bits per heavy atom. The maximum atomic E-state index is 12.7. The Kier molecular flexibility index (Phi) is 6.69. The van der Waals surface area contributed by atoms with Crippen LogP contribution in [0.25, 0.3) is 26.6 Å². The van der Waals surface area contributed by atoms with Crippen molar-refractivity contribution in [2.75, 3.05) is 26.7 Å². The van der Waals surface area contributed by atoms with Crippen LogP contribution in [-0.2, 0) is 0 Å². The van der Waals surface area contributed by atoms with Crippen molar-refractivity contribution >= 4 is 38.3 Å². The second kappa shape index (κ2) is 10.0. The van der Waals surface area contributed by atoms with Crippen molar-refractivity contribution in [3.63, 3.8) is 0 Å². The number of unbranched alkanes of at least 4 members (excludes halogenated alkanes) is 1. The Labute approximate surface area is 202 Å². The molecule has 1 aliphatic heterocycles. The van der Waals surface area contributed by atoms with Gasteiger partial charge in [0.25, 0.3) is 5.91 Å². The largest absolute Gasteiger partial charge is 0.355 e. The minimum Gasteiger partial charge on any atom is -0.355 e. The summed E-state index contributed by atoms with van der Waals surface area (Å²) in [6.45, 7) is 3.50. The number of piperidine rings is 1. The number of ketones is 1. The van der Waals surface area contributed by atoms with Crippen molar-refractivity contribution < 1.29 is 9.59 Å². The highest BCUT2D eigenvalue weighted by molar-refractivity contribution is 7.23. The lowest BCUT2D eigenvalue weighted by Gasteiger charge is -2.26. The number of nitrogens with zero attached hydrogens (tertiary/aromatic N) is 4. The van der Waals surface area contributed by atoms with Crippen LogP contribution in [0.15, 0.2) is 42.6 Å². The summed E-state index contributed by atoms with van der Waals surface area (Å²) in [5, 5.41) is 2.63. The molecule has 34 heavy (non-hydrogen) atoms. The summed E-state index contributed by atoms with van der Waals surface area (Å²) < 4.78 is 2.02. The van der Waals surface area contributed by atoms with Gasteiger partial charge in [0, 0.05) is 30.8 Å². The van der Waals surface area contributed by atoms with Crippen molar-refractivity contribution in [2.24, 2.45) is 0 Å². The standard InChI is InChI=1S/C26H29N5O2S/c1-27-24(33)19-10-8-18(9-11-19)21-17-31-22-13-12-20(28-25(22)34-26(31)29-21)23(32)7-3-6-16-30-14-4-2-5-15-30/h8-13,17H,2-7,14-16H2,1H3,(H,27,33). The first kappa shape index (κ1) is 22.7. The summed E-state index contributed by atoms with van der Waals surface area (Å²) in [6.07, 6.45) is 8.46. The van der Waals surface area contributed by atoms with E-state index in [9.17, 15) is 9.59 Å². The molecule has 0 saturated carbocycles. The zero-order valence-electron chi connectivity index (χ0n) is 19.4. The Hall–Kier alpha value is -3.10. The molecule has 0 aliphatic carbocycles. The van der Waals surface area contributed by atoms with E-state index in [-0.39, 0.29) is 11.7 Å². The molecule has 0 radical (unpaired) electrons. The van der Waals surface area contributed by atoms with Gasteiger partial charge in [-0.25, -0.2) is 9.97 Å². The number of fused-ring (bicyclic) bond motifs is 3. The van der Waals surface area contributed by atoms with E-state index in [1.54, 1.807) is 19.2 Å². The minimum atomic E-state index is -0.109. The molecule has 0 spiro atoms. The number of thiazole rings is 1. The number of aromatic nitrogens is 3. The van der Waals surface area contributed by atoms with E-state index >= 15 is 0 Å². The second-order valence-corrected chi connectivity index (χ2v) is 9.80. The predicted molar refractivity (Wildman–Crippen MR) is 136 cm³/mol. The van der Waals surface area contributed by atoms with E-state index < -0.39 is 0 Å². The number of rotatable bonds is 8. The maximum Gasteiger partial charge on any atom is 0.251 e. The summed E-state index contributed by atoms with van der Waals surface area (Å²) in [5.41, 5.74) is 3.89. The Morgan fingerprint density at radius 3 is 2.56 bits per heavy atom. The van der Waals surface area contributed by atoms with E-state index in [0.717, 1.165) is 46.0 Å². The van der Waals surface area contributed by atoms with E-state index in [0.29, 0.717) is 17.7 Å². The third kappa shape index (κ3) is 4.74. The SMILES string of the molecule is CNC(=O)c1ccc(-c2cn3c(n2)sc2nc(C(=O)CCCCN4CCCCC4)ccc23)cc1. The molecule has 0 bridgehead atoms. The van der Waals surface area contributed by atoms with Gasteiger partial charge in [-0.2, -0.15) is 0 Å². The van der Waals surface area contributed by atoms with Gasteiger partial charge >= 0.3 is 0 Å². The average molecular weight is 476 g/mol. The molecule has 3 aromatic heterocycles. The number of carbonyl (C=O) groups is 2. The summed E-state index contributed by atoms with van der Waals surface area (Å²) in [6, 6.07) is 11.2. The summed E-state index contributed by atoms with van der Waals surface area (Å²) in [7, 11) is 1.62. The first-order valence-electron chi connectivity index (χ1n) is 12.0. The van der Waals surface area contributed by atoms with Crippen LogP contribution in [0.1, 0.15) is 59.4 Å². The molecular formula is C26H29N5O2S. The number of amides is 1. The quantitative estimate of drug-likeness (QED) is 0.292. The fraction of sp³-hybridized carbons (Fsp3) is 0.385. The number of pyridine rings is 1. The van der Waals surface area contributed by atoms with Crippen molar-refractivity contribution in [2.45, 2.75) is 38.5 Å². The van der Waals surface area contributed by atoms with Crippen LogP contribution < -0.4 is 5.32 Å². The molecule has 1 fully saturated rings. The highest BCUT2D eigenvalue weighted by Crippen LogP contribution is 2.29. The van der Waals surface area contributed by atoms with Crippen LogP contribution in [-0.4, -0.2) is 57.6 Å². The molecule has 5 rings (SSSR count). The lowest BCUT2D eigenvalue weighted by molar-refractivity contribution is 0.0958. The molecule has 1 aromatic carbocycles. The second-order valence-electron chi connectivity index (χ2n) is 8.84. The number of benzene rings is 1. The van der Waals surface area contributed by atoms with E-state index in [1.165, 1.54) is 43.7 Å². The van der Waals surface area contributed by atoms with Gasteiger partial charge in [-0.15, -0.1) is 0 Å². The minimum absolute atomic E-state index is 0.109. The molecule has 4 heterocycles. The Balaban J connectivity index is 1.25. The van der Waals surface area contributed by atoms with Crippen LogP contribution in [0.5, 0.6) is 0 Å². The molecule has 7 nitrogen and oxygen atoms in total. The van der Waals surface area contributed by atoms with Gasteiger partial charge in [0.1, 0.15) is 10.5 Å². The Bertz CT molecular complexity index is 1320. The summed E-state index contributed by atoms with van der Waals surface area (Å²) in [5.74, 6) is 0.00488. The Morgan fingerprint density at radius 2 is 1.79 bits per heavy atom. The third-order valence-corrected chi connectivity index (χ3v) is 7.46. The average Bonchev–Trinajstić information content (AvgIpc) is 3.44. The van der Waals surface area contributed by atoms with Crippen molar-refractivity contribution in [1.82, 2.24) is 24.6 Å². The molecule has 1 amide bonds. The van der Waals surface area contributed by atoms with Crippen molar-refractivity contribution in [1.29, 1.82) is 0 Å². The van der Waals surface area contributed by atoms with E-state index in [4.69, 9.17) is 4.98 Å². The molecule has 4 aromatic rings. The van der Waals surface area contributed by atoms with Crippen LogP contribution in [0.4, 0.5) is 0 Å². The van der Waals surface area contributed by atoms with E-state index in [2.05, 4.69) is 15.2 Å². The number of carbonyl (C=O) groups excluding carboxylic acids is 2. The highest BCUT2D eigenvalue weighted by atomic mass is 32.1. The fourth-order valence-electron chi connectivity index (χ4n) is 4.55. The lowest BCUT2D eigenvalue weighted by Crippen LogP contribution is -2.30. The zero-order chi connectivity index (χ0) is 23.5. The molecule has 1 saturated heterocycles. The van der Waals surface area contributed by atoms with Crippen LogP contribution in [0, 0.1) is 0 Å². The zero-order valence-corrected chi connectivity index (χ0v) is 20.2. The molecule has 1 aliphatic rings. The van der Waals surface area contributed by atoms with Gasteiger partial charge in [0.15, 0.2) is 10.7 Å². The number of likely N-dealkylation sites (tertiary alicyclic amines) is 1. The van der Waals surface area contributed by atoms with Crippen LogP contribution in [0.3, 0.4) is 0 Å². The van der Waals surface area contributed by atoms with Crippen LogP contribution >= 0.6 is 11.3 Å². The smallest absolute Gasteiger partial charge is 0.251 e. The van der Waals surface area contributed by atoms with Gasteiger partial charge in [0.2, 0.25) is 0 Å². The van der Waals surface area contributed by atoms with Crippen molar-refractivity contribution in [3.8, 4) is 11.3 Å². The van der Waals surface area contributed by atoms with Gasteiger partial charge in [-0.05, 0) is 69.6 Å². The number of hydrogen-bond acceptors (Lipinski definition) is 6. The number of imidazole rings is 1. The fourth-order valence-corrected chi connectivity index (χ4v) is 5.53. The molecule has 0 atom stereocenters. The van der Waals surface area contributed by atoms with Gasteiger partial charge in [-0.3, -0.25) is 14.0 Å². The molecule has 1 N–H and O–H groups in total.